The lowest BCUT2D eigenvalue weighted by Crippen LogP contribution is -2.73. The van der Waals surface area contributed by atoms with E-state index < -0.39 is 10.0 Å². The van der Waals surface area contributed by atoms with Crippen LogP contribution in [0, 0.1) is 5.82 Å². The molecule has 2 saturated heterocycles. The third kappa shape index (κ3) is 3.33. The molecule has 2 heterocycles. The minimum Gasteiger partial charge on any atom is -0.497 e. The van der Waals surface area contributed by atoms with Crippen molar-refractivity contribution in [2.75, 3.05) is 20.2 Å². The van der Waals surface area contributed by atoms with E-state index in [1.165, 1.54) is 13.2 Å². The number of sulfonamides is 1. The van der Waals surface area contributed by atoms with Gasteiger partial charge >= 0.3 is 0 Å². The lowest BCUT2D eigenvalue weighted by Gasteiger charge is -2.57. The van der Waals surface area contributed by atoms with Gasteiger partial charge in [-0.15, -0.1) is 0 Å². The highest BCUT2D eigenvalue weighted by molar-refractivity contribution is 7.89. The molecule has 0 radical (unpaired) electrons. The highest BCUT2D eigenvalue weighted by Crippen LogP contribution is 2.46. The maximum absolute atomic E-state index is 14.1. The smallest absolute Gasteiger partial charge is 0.243 e. The second-order valence-corrected chi connectivity index (χ2v) is 9.78. The molecule has 1 unspecified atom stereocenters. The first-order valence-electron chi connectivity index (χ1n) is 10.2. The van der Waals surface area contributed by atoms with Crippen LogP contribution in [0.5, 0.6) is 5.75 Å². The van der Waals surface area contributed by atoms with Gasteiger partial charge in [-0.3, -0.25) is 0 Å². The first-order valence-corrected chi connectivity index (χ1v) is 11.7. The van der Waals surface area contributed by atoms with Crippen LogP contribution >= 0.6 is 0 Å². The predicted molar refractivity (Wildman–Crippen MR) is 117 cm³/mol. The maximum atomic E-state index is 14.1. The van der Waals surface area contributed by atoms with Gasteiger partial charge in [0.05, 0.1) is 12.0 Å². The molecular weight excluding hydrogens is 415 g/mol. The number of halogens is 1. The van der Waals surface area contributed by atoms with Gasteiger partial charge < -0.3 is 10.1 Å². The molecule has 5 rings (SSSR count). The third-order valence-electron chi connectivity index (χ3n) is 6.29. The number of hydrogen-bond acceptors (Lipinski definition) is 4. The summed E-state index contributed by atoms with van der Waals surface area (Å²) in [5.41, 5.74) is 2.45. The molecule has 5 nitrogen and oxygen atoms in total. The van der Waals surface area contributed by atoms with Crippen molar-refractivity contribution in [3.05, 3.63) is 84.2 Å². The highest BCUT2D eigenvalue weighted by atomic mass is 32.2. The van der Waals surface area contributed by atoms with E-state index in [0.717, 1.165) is 11.1 Å². The summed E-state index contributed by atoms with van der Waals surface area (Å²) in [6.45, 7) is 1.19. The van der Waals surface area contributed by atoms with Gasteiger partial charge in [0, 0.05) is 42.7 Å². The summed E-state index contributed by atoms with van der Waals surface area (Å²) in [7, 11) is -2.11. The van der Waals surface area contributed by atoms with Crippen molar-refractivity contribution in [3.63, 3.8) is 0 Å². The van der Waals surface area contributed by atoms with Crippen LogP contribution in [-0.4, -0.2) is 45.0 Å². The lowest BCUT2D eigenvalue weighted by molar-refractivity contribution is 0.0370. The van der Waals surface area contributed by atoms with Crippen molar-refractivity contribution in [2.24, 2.45) is 0 Å². The van der Waals surface area contributed by atoms with Crippen molar-refractivity contribution in [3.8, 4) is 16.9 Å². The van der Waals surface area contributed by atoms with Gasteiger partial charge in [0.25, 0.3) is 0 Å². The van der Waals surface area contributed by atoms with Crippen LogP contribution in [0.15, 0.2) is 77.7 Å². The summed E-state index contributed by atoms with van der Waals surface area (Å²) in [6, 6.07) is 20.8. The molecule has 3 atom stereocenters. The second kappa shape index (κ2) is 7.75. The summed E-state index contributed by atoms with van der Waals surface area (Å²) >= 11 is 0. The minimum atomic E-state index is -3.63. The Labute approximate surface area is 181 Å². The number of fused-ring (bicyclic) bond motifs is 2. The Balaban J connectivity index is 1.42. The normalized spacial score (nSPS) is 23.2. The topological polar surface area (TPSA) is 58.6 Å². The molecule has 7 heteroatoms. The first-order chi connectivity index (χ1) is 15.0. The quantitative estimate of drug-likeness (QED) is 0.661. The van der Waals surface area contributed by atoms with Gasteiger partial charge in [-0.25, -0.2) is 12.8 Å². The average Bonchev–Trinajstić information content (AvgIpc) is 2.80. The molecule has 2 aliphatic heterocycles. The second-order valence-electron chi connectivity index (χ2n) is 7.93. The number of nitrogens with one attached hydrogen (secondary N) is 1. The highest BCUT2D eigenvalue weighted by Gasteiger charge is 2.56. The molecule has 160 valence electrons. The molecule has 0 saturated carbocycles. The number of piperidine rings is 1. The first kappa shape index (κ1) is 20.2. The Morgan fingerprint density at radius 1 is 0.968 bits per heavy atom. The van der Waals surface area contributed by atoms with E-state index in [1.807, 2.05) is 30.3 Å². The number of benzene rings is 3. The van der Waals surface area contributed by atoms with Crippen LogP contribution in [0.4, 0.5) is 4.39 Å². The predicted octanol–water partition coefficient (Wildman–Crippen LogP) is 3.63. The van der Waals surface area contributed by atoms with Crippen LogP contribution in [-0.2, 0) is 10.0 Å². The molecule has 0 aliphatic carbocycles. The van der Waals surface area contributed by atoms with Crippen LogP contribution in [0.1, 0.15) is 11.5 Å². The number of rotatable bonds is 5. The van der Waals surface area contributed by atoms with E-state index in [-0.39, 0.29) is 28.7 Å². The lowest BCUT2D eigenvalue weighted by atomic mass is 9.74. The van der Waals surface area contributed by atoms with Gasteiger partial charge in [-0.2, -0.15) is 4.31 Å². The zero-order chi connectivity index (χ0) is 21.6. The molecule has 2 bridgehead atoms. The maximum Gasteiger partial charge on any atom is 0.243 e. The standard InChI is InChI=1S/C24H23FN2O3S/c1-30-18-5-4-6-19(13-18)31(28,29)27-22-14-26-15-23(27)24(22)17-11-9-16(10-12-17)20-7-2-3-8-21(20)25/h2-13,22-24,26H,14-15H2,1H3/t22-,23+,24?. The molecule has 2 fully saturated rings. The van der Waals surface area contributed by atoms with Crippen LogP contribution in [0.2, 0.25) is 0 Å². The number of nitrogens with zero attached hydrogens (tertiary/aromatic N) is 1. The molecule has 31 heavy (non-hydrogen) atoms. The zero-order valence-electron chi connectivity index (χ0n) is 17.0. The van der Waals surface area contributed by atoms with Gasteiger partial charge in [0.15, 0.2) is 0 Å². The van der Waals surface area contributed by atoms with Crippen molar-refractivity contribution in [2.45, 2.75) is 22.9 Å². The van der Waals surface area contributed by atoms with Gasteiger partial charge in [0.1, 0.15) is 11.6 Å². The monoisotopic (exact) mass is 438 g/mol. The molecule has 3 aromatic carbocycles. The molecule has 1 N–H and O–H groups in total. The summed E-state index contributed by atoms with van der Waals surface area (Å²) in [5, 5.41) is 3.32. The Hall–Kier alpha value is -2.74. The summed E-state index contributed by atoms with van der Waals surface area (Å²) in [5.74, 6) is 0.372. The van der Waals surface area contributed by atoms with E-state index in [9.17, 15) is 12.8 Å². The SMILES string of the molecule is COc1cccc(S(=O)(=O)N2[C@@H]3CNC[C@H]2C3c2ccc(-c3ccccc3F)cc2)c1. The number of hydrogen-bond donors (Lipinski definition) is 1. The molecule has 0 amide bonds. The van der Waals surface area contributed by atoms with E-state index in [0.29, 0.717) is 24.4 Å². The van der Waals surface area contributed by atoms with Crippen LogP contribution < -0.4 is 10.1 Å². The molecular formula is C24H23FN2O3S. The van der Waals surface area contributed by atoms with Crippen LogP contribution in [0.3, 0.4) is 0 Å². The minimum absolute atomic E-state index is 0.108. The van der Waals surface area contributed by atoms with Crippen molar-refractivity contribution in [1.29, 1.82) is 0 Å². The van der Waals surface area contributed by atoms with Crippen LogP contribution in [0.25, 0.3) is 11.1 Å². The van der Waals surface area contributed by atoms with Crippen molar-refractivity contribution < 1.29 is 17.5 Å². The van der Waals surface area contributed by atoms with Gasteiger partial charge in [-0.05, 0) is 29.3 Å². The van der Waals surface area contributed by atoms with E-state index >= 15 is 0 Å². The van der Waals surface area contributed by atoms with E-state index in [1.54, 1.807) is 40.7 Å². The summed E-state index contributed by atoms with van der Waals surface area (Å²) in [6.07, 6.45) is 0. The fraction of sp³-hybridized carbons (Fsp3) is 0.250. The number of methoxy groups -OCH3 is 1. The van der Waals surface area contributed by atoms with Gasteiger partial charge in [0.2, 0.25) is 10.0 Å². The molecule has 2 aliphatic rings. The third-order valence-corrected chi connectivity index (χ3v) is 8.23. The Kier molecular flexibility index (Phi) is 5.04. The largest absolute Gasteiger partial charge is 0.497 e. The average molecular weight is 439 g/mol. The Morgan fingerprint density at radius 3 is 2.35 bits per heavy atom. The summed E-state index contributed by atoms with van der Waals surface area (Å²) in [4.78, 5) is 0.247. The van der Waals surface area contributed by atoms with E-state index in [4.69, 9.17) is 4.74 Å². The van der Waals surface area contributed by atoms with E-state index in [2.05, 4.69) is 5.32 Å². The summed E-state index contributed by atoms with van der Waals surface area (Å²) < 4.78 is 47.6. The number of piperazine rings is 1. The van der Waals surface area contributed by atoms with Crippen molar-refractivity contribution >= 4 is 10.0 Å². The fourth-order valence-electron chi connectivity index (χ4n) is 4.79. The Bertz CT molecular complexity index is 1200. The molecule has 0 spiro atoms. The van der Waals surface area contributed by atoms with Gasteiger partial charge in [-0.1, -0.05) is 48.5 Å². The Morgan fingerprint density at radius 2 is 1.68 bits per heavy atom. The number of ether oxygens (including phenoxy) is 1. The zero-order valence-corrected chi connectivity index (χ0v) is 17.8. The van der Waals surface area contributed by atoms with Crippen molar-refractivity contribution in [1.82, 2.24) is 9.62 Å². The molecule has 0 aromatic heterocycles. The fourth-order valence-corrected chi connectivity index (χ4v) is 6.68. The molecule has 3 aromatic rings.